The fourth-order valence-corrected chi connectivity index (χ4v) is 1.79. The third-order valence-electron chi connectivity index (χ3n) is 3.46. The van der Waals surface area contributed by atoms with Gasteiger partial charge >= 0.3 is 7.12 Å². The maximum absolute atomic E-state index is 6.01. The maximum Gasteiger partial charge on any atom is 0.492 e. The molecule has 0 saturated carbocycles. The van der Waals surface area contributed by atoms with Crippen LogP contribution in [0.5, 0.6) is 0 Å². The molecule has 2 N–H and O–H groups in total. The molecule has 0 spiro atoms. The number of nitrogens with two attached hydrogens (primary N) is 1. The average molecular weight is 240 g/mol. The molecule has 4 nitrogen and oxygen atoms in total. The van der Waals surface area contributed by atoms with E-state index < -0.39 is 0 Å². The van der Waals surface area contributed by atoms with E-state index in [0.29, 0.717) is 0 Å². The fourth-order valence-electron chi connectivity index (χ4n) is 1.79. The molecule has 0 atom stereocenters. The Morgan fingerprint density at radius 1 is 1.24 bits per heavy atom. The third-order valence-corrected chi connectivity index (χ3v) is 3.46. The Hall–Kier alpha value is -0.515. The van der Waals surface area contributed by atoms with Crippen LogP contribution >= 0.6 is 0 Å². The summed E-state index contributed by atoms with van der Waals surface area (Å²) in [5.41, 5.74) is 0.506. The highest BCUT2D eigenvalue weighted by molar-refractivity contribution is 6.54. The van der Waals surface area contributed by atoms with Crippen LogP contribution in [0.25, 0.3) is 0 Å². The molecule has 5 heteroatoms. The highest BCUT2D eigenvalue weighted by atomic mass is 16.7. The minimum atomic E-state index is -0.294. The van der Waals surface area contributed by atoms with Crippen LogP contribution in [0, 0.1) is 0 Å². The normalized spacial score (nSPS) is 23.0. The van der Waals surface area contributed by atoms with E-state index in [2.05, 4.69) is 34.6 Å². The van der Waals surface area contributed by atoms with Gasteiger partial charge in [-0.1, -0.05) is 13.3 Å². The first-order chi connectivity index (χ1) is 7.69. The van der Waals surface area contributed by atoms with Gasteiger partial charge in [-0.3, -0.25) is 0 Å². The Bertz CT molecular complexity index is 285. The molecule has 0 bridgehead atoms. The number of hydrogen-bond acceptors (Lipinski definition) is 4. The van der Waals surface area contributed by atoms with Gasteiger partial charge in [-0.15, -0.1) is 0 Å². The number of nitrogens with zero attached hydrogens (tertiary/aromatic N) is 1. The van der Waals surface area contributed by atoms with Crippen molar-refractivity contribution in [3.05, 3.63) is 11.7 Å². The Balaban J connectivity index is 2.86. The van der Waals surface area contributed by atoms with Crippen LogP contribution in [-0.4, -0.2) is 30.4 Å². The predicted octanol–water partition coefficient (Wildman–Crippen LogP) is 2.11. The summed E-state index contributed by atoms with van der Waals surface area (Å²) < 4.78 is 12.0. The van der Waals surface area contributed by atoms with E-state index in [0.717, 1.165) is 18.3 Å². The lowest BCUT2D eigenvalue weighted by Crippen LogP contribution is -2.41. The van der Waals surface area contributed by atoms with Crippen LogP contribution in [0.1, 0.15) is 47.5 Å². The first-order valence-electron chi connectivity index (χ1n) is 6.23. The van der Waals surface area contributed by atoms with Crippen molar-refractivity contribution in [3.63, 3.8) is 0 Å². The van der Waals surface area contributed by atoms with Gasteiger partial charge in [0.2, 0.25) is 0 Å². The quantitative estimate of drug-likeness (QED) is 0.464. The second-order valence-electron chi connectivity index (χ2n) is 5.71. The molecule has 98 valence electrons. The number of hydrogen-bond donors (Lipinski definition) is 1. The molecule has 1 saturated heterocycles. The summed E-state index contributed by atoms with van der Waals surface area (Å²) in [6.07, 6.45) is 3.87. The maximum atomic E-state index is 6.01. The molecule has 1 rings (SSSR count). The smallest absolute Gasteiger partial charge is 0.400 e. The van der Waals surface area contributed by atoms with Crippen molar-refractivity contribution < 1.29 is 9.31 Å². The molecular formula is C12H25BN2O2. The average Bonchev–Trinajstić information content (AvgIpc) is 2.34. The summed E-state index contributed by atoms with van der Waals surface area (Å²) in [5.74, 6) is 5.67. The van der Waals surface area contributed by atoms with Crippen LogP contribution in [0.15, 0.2) is 11.7 Å². The molecule has 0 amide bonds. The zero-order chi connectivity index (χ0) is 13.3. The molecule has 1 aliphatic rings. The first-order valence-corrected chi connectivity index (χ1v) is 6.23. The summed E-state index contributed by atoms with van der Waals surface area (Å²) in [6.45, 7) is 10.4. The SMILES string of the molecule is CCC/C(=C\N(C)N)B1OC(C)(C)C(C)(C)O1. The van der Waals surface area contributed by atoms with Crippen LogP contribution in [0.2, 0.25) is 0 Å². The van der Waals surface area contributed by atoms with Gasteiger partial charge in [0.25, 0.3) is 0 Å². The highest BCUT2D eigenvalue weighted by Crippen LogP contribution is 2.39. The van der Waals surface area contributed by atoms with Crippen molar-refractivity contribution in [1.29, 1.82) is 0 Å². The molecule has 17 heavy (non-hydrogen) atoms. The standard InChI is InChI=1S/C12H25BN2O2/c1-7-8-10(9-15(6)14)13-16-11(2,3)12(4,5)17-13/h9H,7-8,14H2,1-6H3/b10-9+. The summed E-state index contributed by atoms with van der Waals surface area (Å²) in [6, 6.07) is 0. The van der Waals surface area contributed by atoms with Crippen molar-refractivity contribution in [2.75, 3.05) is 7.05 Å². The monoisotopic (exact) mass is 240 g/mol. The van der Waals surface area contributed by atoms with Gasteiger partial charge in [-0.05, 0) is 39.6 Å². The summed E-state index contributed by atoms with van der Waals surface area (Å²) in [4.78, 5) is 0. The second kappa shape index (κ2) is 5.00. The van der Waals surface area contributed by atoms with E-state index in [4.69, 9.17) is 15.2 Å². The summed E-state index contributed by atoms with van der Waals surface area (Å²) in [5, 5.41) is 1.55. The van der Waals surface area contributed by atoms with Crippen LogP contribution in [-0.2, 0) is 9.31 Å². The molecule has 0 aromatic rings. The van der Waals surface area contributed by atoms with Crippen molar-refractivity contribution in [3.8, 4) is 0 Å². The van der Waals surface area contributed by atoms with E-state index in [1.165, 1.54) is 0 Å². The molecular weight excluding hydrogens is 215 g/mol. The van der Waals surface area contributed by atoms with E-state index in [1.54, 1.807) is 12.1 Å². The van der Waals surface area contributed by atoms with Gasteiger partial charge < -0.3 is 14.3 Å². The van der Waals surface area contributed by atoms with Crippen LogP contribution in [0.4, 0.5) is 0 Å². The Labute approximate surface area is 105 Å². The van der Waals surface area contributed by atoms with Crippen molar-refractivity contribution in [1.82, 2.24) is 5.01 Å². The zero-order valence-electron chi connectivity index (χ0n) is 11.9. The van der Waals surface area contributed by atoms with E-state index >= 15 is 0 Å². The van der Waals surface area contributed by atoms with Crippen molar-refractivity contribution >= 4 is 7.12 Å². The molecule has 1 aliphatic heterocycles. The number of hydrazine groups is 1. The van der Waals surface area contributed by atoms with Crippen molar-refractivity contribution in [2.45, 2.75) is 58.7 Å². The highest BCUT2D eigenvalue weighted by Gasteiger charge is 2.52. The van der Waals surface area contributed by atoms with E-state index in [9.17, 15) is 0 Å². The minimum Gasteiger partial charge on any atom is -0.400 e. The number of rotatable bonds is 4. The Morgan fingerprint density at radius 2 is 1.71 bits per heavy atom. The first kappa shape index (κ1) is 14.5. The fraction of sp³-hybridized carbons (Fsp3) is 0.833. The van der Waals surface area contributed by atoms with E-state index in [-0.39, 0.29) is 18.3 Å². The van der Waals surface area contributed by atoms with Gasteiger partial charge in [-0.25, -0.2) is 5.84 Å². The molecule has 0 radical (unpaired) electrons. The minimum absolute atomic E-state index is 0.286. The summed E-state index contributed by atoms with van der Waals surface area (Å²) >= 11 is 0. The Kier molecular flexibility index (Phi) is 4.28. The molecule has 0 aromatic carbocycles. The molecule has 0 aromatic heterocycles. The summed E-state index contributed by atoms with van der Waals surface area (Å²) in [7, 11) is 1.52. The zero-order valence-corrected chi connectivity index (χ0v) is 11.9. The van der Waals surface area contributed by atoms with Crippen molar-refractivity contribution in [2.24, 2.45) is 5.84 Å². The number of allylic oxidation sites excluding steroid dienone is 1. The lowest BCUT2D eigenvalue weighted by molar-refractivity contribution is 0.00578. The topological polar surface area (TPSA) is 47.7 Å². The lowest BCUT2D eigenvalue weighted by Gasteiger charge is -2.32. The molecule has 1 fully saturated rings. The third kappa shape index (κ3) is 3.24. The van der Waals surface area contributed by atoms with Gasteiger partial charge in [-0.2, -0.15) is 0 Å². The molecule has 1 heterocycles. The largest absolute Gasteiger partial charge is 0.492 e. The lowest BCUT2D eigenvalue weighted by atomic mass is 9.76. The van der Waals surface area contributed by atoms with E-state index in [1.807, 2.05) is 6.20 Å². The predicted molar refractivity (Wildman–Crippen MR) is 71.0 cm³/mol. The van der Waals surface area contributed by atoms with Gasteiger partial charge in [0, 0.05) is 13.2 Å². The molecule has 0 unspecified atom stereocenters. The van der Waals surface area contributed by atoms with Crippen LogP contribution < -0.4 is 5.84 Å². The second-order valence-corrected chi connectivity index (χ2v) is 5.71. The van der Waals surface area contributed by atoms with Gasteiger partial charge in [0.1, 0.15) is 0 Å². The Morgan fingerprint density at radius 3 is 2.06 bits per heavy atom. The van der Waals surface area contributed by atoms with Gasteiger partial charge in [0.15, 0.2) is 0 Å². The van der Waals surface area contributed by atoms with Gasteiger partial charge in [0.05, 0.1) is 11.2 Å². The van der Waals surface area contributed by atoms with Crippen LogP contribution in [0.3, 0.4) is 0 Å². The molecule has 0 aliphatic carbocycles.